The normalized spacial score (nSPS) is 38.9. The summed E-state index contributed by atoms with van der Waals surface area (Å²) in [6.45, 7) is 0. The van der Waals surface area contributed by atoms with E-state index in [2.05, 4.69) is 0 Å². The van der Waals surface area contributed by atoms with Crippen molar-refractivity contribution in [1.82, 2.24) is 0 Å². The second kappa shape index (κ2) is 2.67. The van der Waals surface area contributed by atoms with Gasteiger partial charge in [0.15, 0.2) is 6.29 Å². The summed E-state index contributed by atoms with van der Waals surface area (Å²) < 4.78 is 14.7. The van der Waals surface area contributed by atoms with E-state index in [1.165, 1.54) is 14.2 Å². The molecular formula is C6H11NO3. The Morgan fingerprint density at radius 1 is 1.60 bits per heavy atom. The van der Waals surface area contributed by atoms with E-state index in [0.717, 1.165) is 0 Å². The second-order valence-electron chi connectivity index (χ2n) is 2.01. The monoisotopic (exact) mass is 145 g/mol. The third-order valence-corrected chi connectivity index (χ3v) is 1.34. The maximum Gasteiger partial charge on any atom is 0.248 e. The zero-order chi connectivity index (χ0) is 7.61. The summed E-state index contributed by atoms with van der Waals surface area (Å²) in [5.41, 5.74) is 5.51. The highest BCUT2D eigenvalue weighted by molar-refractivity contribution is 5.01. The number of methoxy groups -OCH3 is 2. The van der Waals surface area contributed by atoms with Crippen molar-refractivity contribution in [3.63, 3.8) is 0 Å². The zero-order valence-electron chi connectivity index (χ0n) is 6.03. The average molecular weight is 145 g/mol. The lowest BCUT2D eigenvalue weighted by atomic mass is 10.5. The molecule has 2 unspecified atom stereocenters. The number of rotatable bonds is 2. The van der Waals surface area contributed by atoms with Gasteiger partial charge >= 0.3 is 0 Å². The molecule has 0 saturated heterocycles. The van der Waals surface area contributed by atoms with E-state index in [9.17, 15) is 0 Å². The van der Waals surface area contributed by atoms with Gasteiger partial charge in [-0.2, -0.15) is 0 Å². The number of hydrogen-bond donors (Lipinski definition) is 1. The molecule has 0 amide bonds. The minimum atomic E-state index is -1.10. The van der Waals surface area contributed by atoms with Crippen molar-refractivity contribution in [1.29, 1.82) is 0 Å². The Morgan fingerprint density at radius 3 is 2.60 bits per heavy atom. The van der Waals surface area contributed by atoms with E-state index in [0.29, 0.717) is 0 Å². The lowest BCUT2D eigenvalue weighted by Gasteiger charge is -2.21. The molecule has 4 nitrogen and oxygen atoms in total. The molecule has 1 aliphatic heterocycles. The van der Waals surface area contributed by atoms with Crippen LogP contribution in [-0.2, 0) is 14.2 Å². The minimum Gasteiger partial charge on any atom is -0.352 e. The minimum absolute atomic E-state index is 0.384. The van der Waals surface area contributed by atoms with Crippen LogP contribution in [0.15, 0.2) is 12.2 Å². The Kier molecular flexibility index (Phi) is 2.05. The predicted molar refractivity (Wildman–Crippen MR) is 34.9 cm³/mol. The smallest absolute Gasteiger partial charge is 0.248 e. The Balaban J connectivity index is 2.51. The van der Waals surface area contributed by atoms with Crippen LogP contribution in [0.25, 0.3) is 0 Å². The molecule has 0 aromatic heterocycles. The lowest BCUT2D eigenvalue weighted by molar-refractivity contribution is -0.238. The first kappa shape index (κ1) is 7.68. The van der Waals surface area contributed by atoms with Crippen LogP contribution in [0.4, 0.5) is 0 Å². The molecule has 1 rings (SSSR count). The molecule has 0 aromatic rings. The first-order chi connectivity index (χ1) is 4.70. The first-order valence-corrected chi connectivity index (χ1v) is 2.94. The van der Waals surface area contributed by atoms with Crippen LogP contribution in [0.2, 0.25) is 0 Å². The summed E-state index contributed by atoms with van der Waals surface area (Å²) in [5, 5.41) is 0. The van der Waals surface area contributed by atoms with Crippen LogP contribution in [0.5, 0.6) is 0 Å². The predicted octanol–water partition coefficient (Wildman–Crippen LogP) is -0.196. The number of ether oxygens (including phenoxy) is 3. The van der Waals surface area contributed by atoms with Gasteiger partial charge in [-0.25, -0.2) is 0 Å². The van der Waals surface area contributed by atoms with Gasteiger partial charge in [0.1, 0.15) is 0 Å². The fourth-order valence-electron chi connectivity index (χ4n) is 0.716. The van der Waals surface area contributed by atoms with Crippen LogP contribution < -0.4 is 5.73 Å². The Hall–Kier alpha value is -0.420. The first-order valence-electron chi connectivity index (χ1n) is 2.94. The fraction of sp³-hybridized carbons (Fsp3) is 0.667. The van der Waals surface area contributed by atoms with Gasteiger partial charge in [-0.3, -0.25) is 5.73 Å². The standard InChI is InChI=1S/C6H11NO3/c1-8-5-3-4-6(7,9-2)10-5/h3-5H,7H2,1-2H3. The van der Waals surface area contributed by atoms with Crippen LogP contribution >= 0.6 is 0 Å². The SMILES string of the molecule is COC1C=CC(N)(OC)O1. The second-order valence-corrected chi connectivity index (χ2v) is 2.01. The lowest BCUT2D eigenvalue weighted by Crippen LogP contribution is -2.41. The van der Waals surface area contributed by atoms with Crippen molar-refractivity contribution in [2.24, 2.45) is 5.73 Å². The highest BCUT2D eigenvalue weighted by Crippen LogP contribution is 2.18. The van der Waals surface area contributed by atoms with Crippen molar-refractivity contribution in [3.05, 3.63) is 12.2 Å². The van der Waals surface area contributed by atoms with Crippen molar-refractivity contribution < 1.29 is 14.2 Å². The Labute approximate surface area is 59.5 Å². The third-order valence-electron chi connectivity index (χ3n) is 1.34. The highest BCUT2D eigenvalue weighted by Gasteiger charge is 2.31. The molecule has 2 atom stereocenters. The van der Waals surface area contributed by atoms with Gasteiger partial charge in [0.25, 0.3) is 0 Å². The van der Waals surface area contributed by atoms with Crippen molar-refractivity contribution in [2.75, 3.05) is 14.2 Å². The maximum absolute atomic E-state index is 5.51. The summed E-state index contributed by atoms with van der Waals surface area (Å²) in [5.74, 6) is -1.10. The zero-order valence-corrected chi connectivity index (χ0v) is 6.03. The van der Waals surface area contributed by atoms with Gasteiger partial charge in [-0.15, -0.1) is 0 Å². The van der Waals surface area contributed by atoms with E-state index in [-0.39, 0.29) is 6.29 Å². The third kappa shape index (κ3) is 1.35. The van der Waals surface area contributed by atoms with Crippen LogP contribution in [0, 0.1) is 0 Å². The largest absolute Gasteiger partial charge is 0.352 e. The molecule has 0 bridgehead atoms. The van der Waals surface area contributed by atoms with E-state index in [1.807, 2.05) is 0 Å². The molecule has 0 saturated carbocycles. The van der Waals surface area contributed by atoms with E-state index < -0.39 is 5.91 Å². The van der Waals surface area contributed by atoms with Crippen molar-refractivity contribution in [3.8, 4) is 0 Å². The van der Waals surface area contributed by atoms with Gasteiger partial charge < -0.3 is 14.2 Å². The van der Waals surface area contributed by atoms with Crippen LogP contribution in [0.1, 0.15) is 0 Å². The summed E-state index contributed by atoms with van der Waals surface area (Å²) in [7, 11) is 3.01. The van der Waals surface area contributed by atoms with Crippen LogP contribution in [0.3, 0.4) is 0 Å². The molecule has 2 N–H and O–H groups in total. The molecule has 0 aromatic carbocycles. The van der Waals surface area contributed by atoms with Crippen LogP contribution in [-0.4, -0.2) is 26.4 Å². The molecule has 1 aliphatic rings. The molecule has 58 valence electrons. The Bertz CT molecular complexity index is 148. The molecule has 1 heterocycles. The molecular weight excluding hydrogens is 134 g/mol. The molecule has 0 fully saturated rings. The van der Waals surface area contributed by atoms with Gasteiger partial charge in [0, 0.05) is 14.2 Å². The number of hydrogen-bond acceptors (Lipinski definition) is 4. The van der Waals surface area contributed by atoms with E-state index in [4.69, 9.17) is 19.9 Å². The topological polar surface area (TPSA) is 53.7 Å². The van der Waals surface area contributed by atoms with Crippen molar-refractivity contribution in [2.45, 2.75) is 12.2 Å². The molecule has 0 spiro atoms. The molecule has 4 heteroatoms. The summed E-state index contributed by atoms with van der Waals surface area (Å²) in [6, 6.07) is 0. The fourth-order valence-corrected chi connectivity index (χ4v) is 0.716. The average Bonchev–Trinajstić information content (AvgIpc) is 2.33. The molecule has 0 radical (unpaired) electrons. The molecule has 10 heavy (non-hydrogen) atoms. The van der Waals surface area contributed by atoms with Gasteiger partial charge in [0.2, 0.25) is 5.91 Å². The van der Waals surface area contributed by atoms with Gasteiger partial charge in [-0.05, 0) is 12.2 Å². The maximum atomic E-state index is 5.51. The van der Waals surface area contributed by atoms with Gasteiger partial charge in [-0.1, -0.05) is 0 Å². The summed E-state index contributed by atoms with van der Waals surface area (Å²) >= 11 is 0. The number of nitrogens with two attached hydrogens (primary N) is 1. The van der Waals surface area contributed by atoms with E-state index >= 15 is 0 Å². The van der Waals surface area contributed by atoms with Crippen molar-refractivity contribution >= 4 is 0 Å². The summed E-state index contributed by atoms with van der Waals surface area (Å²) in [6.07, 6.45) is 2.93. The Morgan fingerprint density at radius 2 is 2.30 bits per heavy atom. The van der Waals surface area contributed by atoms with Gasteiger partial charge in [0.05, 0.1) is 0 Å². The highest BCUT2D eigenvalue weighted by atomic mass is 16.8. The summed E-state index contributed by atoms with van der Waals surface area (Å²) in [4.78, 5) is 0. The van der Waals surface area contributed by atoms with E-state index in [1.54, 1.807) is 12.2 Å². The quantitative estimate of drug-likeness (QED) is 0.432. The molecule has 0 aliphatic carbocycles.